The van der Waals surface area contributed by atoms with Crippen molar-refractivity contribution < 1.29 is 13.5 Å². The van der Waals surface area contributed by atoms with Crippen molar-refractivity contribution in [2.75, 3.05) is 7.11 Å². The zero-order chi connectivity index (χ0) is 15.7. The van der Waals surface area contributed by atoms with E-state index in [1.165, 1.54) is 6.33 Å². The van der Waals surface area contributed by atoms with Crippen LogP contribution in [0.25, 0.3) is 22.2 Å². The van der Waals surface area contributed by atoms with Gasteiger partial charge in [0.25, 0.3) is 0 Å². The first kappa shape index (κ1) is 14.6. The van der Waals surface area contributed by atoms with E-state index in [0.29, 0.717) is 5.52 Å². The highest BCUT2D eigenvalue weighted by molar-refractivity contribution is 7.79. The highest BCUT2D eigenvalue weighted by Gasteiger charge is 2.10. The average molecular weight is 313 g/mol. The Morgan fingerprint density at radius 2 is 1.95 bits per heavy atom. The van der Waals surface area contributed by atoms with E-state index in [4.69, 9.17) is 4.74 Å². The second-order valence-electron chi connectivity index (χ2n) is 4.82. The Morgan fingerprint density at radius 1 is 1.14 bits per heavy atom. The van der Waals surface area contributed by atoms with E-state index < -0.39 is 11.1 Å². The van der Waals surface area contributed by atoms with Crippen LogP contribution in [-0.2, 0) is 11.1 Å². The molecule has 0 bridgehead atoms. The van der Waals surface area contributed by atoms with Gasteiger partial charge in [0.1, 0.15) is 12.1 Å². The molecule has 1 aromatic heterocycles. The molecule has 0 spiro atoms. The summed E-state index contributed by atoms with van der Waals surface area (Å²) in [6.07, 6.45) is 1.44. The van der Waals surface area contributed by atoms with Gasteiger partial charge >= 0.3 is 0 Å². The summed E-state index contributed by atoms with van der Waals surface area (Å²) in [6.45, 7) is 1.99. The molecular formula is C16H13N2O3S-. The lowest BCUT2D eigenvalue weighted by atomic mass is 10.0. The van der Waals surface area contributed by atoms with Gasteiger partial charge in [0.05, 0.1) is 18.3 Å². The Morgan fingerprint density at radius 3 is 2.68 bits per heavy atom. The van der Waals surface area contributed by atoms with E-state index in [-0.39, 0.29) is 4.90 Å². The van der Waals surface area contributed by atoms with Crippen LogP contribution in [-0.4, -0.2) is 25.8 Å². The lowest BCUT2D eigenvalue weighted by molar-refractivity contribution is 0.415. The van der Waals surface area contributed by atoms with E-state index in [9.17, 15) is 8.76 Å². The molecule has 5 nitrogen and oxygen atoms in total. The van der Waals surface area contributed by atoms with Gasteiger partial charge < -0.3 is 9.29 Å². The molecule has 0 amide bonds. The molecule has 0 saturated heterocycles. The zero-order valence-electron chi connectivity index (χ0n) is 12.1. The van der Waals surface area contributed by atoms with Gasteiger partial charge in [-0.25, -0.2) is 9.97 Å². The van der Waals surface area contributed by atoms with Crippen molar-refractivity contribution in [1.29, 1.82) is 0 Å². The van der Waals surface area contributed by atoms with Gasteiger partial charge in [-0.1, -0.05) is 6.07 Å². The number of benzene rings is 2. The molecule has 1 heterocycles. The second-order valence-corrected chi connectivity index (χ2v) is 5.76. The van der Waals surface area contributed by atoms with Crippen LogP contribution in [0.15, 0.2) is 47.6 Å². The third-order valence-corrected chi connectivity index (χ3v) is 4.14. The average Bonchev–Trinajstić information content (AvgIpc) is 2.54. The molecule has 1 unspecified atom stereocenters. The summed E-state index contributed by atoms with van der Waals surface area (Å²) in [4.78, 5) is 8.74. The standard InChI is InChI=1S/C16H14N2O3S/c1-10-3-4-11(21-2)7-14(10)16-13-6-5-12(22(19)20)8-15(13)17-9-18-16/h3-9H,1-2H3,(H,19,20)/p-1. The summed E-state index contributed by atoms with van der Waals surface area (Å²) >= 11 is -2.28. The molecule has 0 fully saturated rings. The van der Waals surface area contributed by atoms with Crippen LogP contribution in [0.5, 0.6) is 5.75 Å². The summed E-state index contributed by atoms with van der Waals surface area (Å²) < 4.78 is 27.4. The van der Waals surface area contributed by atoms with Gasteiger partial charge in [0.15, 0.2) is 0 Å². The van der Waals surface area contributed by atoms with Crippen molar-refractivity contribution in [2.24, 2.45) is 0 Å². The topological polar surface area (TPSA) is 75.1 Å². The molecule has 6 heteroatoms. The summed E-state index contributed by atoms with van der Waals surface area (Å²) in [5.41, 5.74) is 3.33. The minimum absolute atomic E-state index is 0.208. The number of hydrogen-bond acceptors (Lipinski definition) is 5. The maximum atomic E-state index is 11.1. The Bertz CT molecular complexity index is 880. The number of nitrogens with zero attached hydrogens (tertiary/aromatic N) is 2. The second kappa shape index (κ2) is 5.82. The molecule has 0 aliphatic carbocycles. The van der Waals surface area contributed by atoms with Crippen molar-refractivity contribution >= 4 is 22.0 Å². The van der Waals surface area contributed by atoms with Gasteiger partial charge in [-0.2, -0.15) is 0 Å². The molecule has 0 aliphatic heterocycles. The van der Waals surface area contributed by atoms with Crippen molar-refractivity contribution in [3.63, 3.8) is 0 Å². The van der Waals surface area contributed by atoms with Crippen LogP contribution in [0.1, 0.15) is 5.56 Å². The molecule has 0 N–H and O–H groups in total. The summed E-state index contributed by atoms with van der Waals surface area (Å²) in [5.74, 6) is 0.740. The van der Waals surface area contributed by atoms with E-state index in [0.717, 1.165) is 28.0 Å². The summed E-state index contributed by atoms with van der Waals surface area (Å²) in [5, 5.41) is 0.799. The van der Waals surface area contributed by atoms with Crippen LogP contribution in [0, 0.1) is 6.92 Å². The zero-order valence-corrected chi connectivity index (χ0v) is 12.9. The molecular weight excluding hydrogens is 300 g/mol. The Kier molecular flexibility index (Phi) is 3.87. The molecule has 0 aliphatic rings. The molecule has 2 aromatic carbocycles. The van der Waals surface area contributed by atoms with Crippen molar-refractivity contribution in [3.05, 3.63) is 48.3 Å². The van der Waals surface area contributed by atoms with Crippen LogP contribution in [0.3, 0.4) is 0 Å². The fourth-order valence-electron chi connectivity index (χ4n) is 2.34. The van der Waals surface area contributed by atoms with Crippen molar-refractivity contribution in [3.8, 4) is 17.0 Å². The Balaban J connectivity index is 2.25. The number of aromatic nitrogens is 2. The number of aryl methyl sites for hydroxylation is 1. The Labute approximate surface area is 130 Å². The number of hydrogen-bond donors (Lipinski definition) is 0. The van der Waals surface area contributed by atoms with Gasteiger partial charge in [0.2, 0.25) is 0 Å². The van der Waals surface area contributed by atoms with Gasteiger partial charge in [0, 0.05) is 15.8 Å². The molecule has 3 rings (SSSR count). The number of rotatable bonds is 3. The Hall–Kier alpha value is -2.31. The van der Waals surface area contributed by atoms with Gasteiger partial charge in [-0.3, -0.25) is 4.21 Å². The van der Waals surface area contributed by atoms with Crippen LogP contribution in [0.2, 0.25) is 0 Å². The maximum absolute atomic E-state index is 11.1. The van der Waals surface area contributed by atoms with E-state index in [1.54, 1.807) is 25.3 Å². The fourth-order valence-corrected chi connectivity index (χ4v) is 2.73. The molecule has 3 aromatic rings. The van der Waals surface area contributed by atoms with E-state index in [2.05, 4.69) is 9.97 Å². The number of ether oxygens (including phenoxy) is 1. The first-order valence-corrected chi connectivity index (χ1v) is 7.66. The molecule has 0 saturated carbocycles. The third kappa shape index (κ3) is 2.58. The molecule has 0 radical (unpaired) electrons. The first-order chi connectivity index (χ1) is 10.6. The first-order valence-electron chi connectivity index (χ1n) is 6.59. The quantitative estimate of drug-likeness (QED) is 0.695. The van der Waals surface area contributed by atoms with Crippen LogP contribution in [0.4, 0.5) is 0 Å². The van der Waals surface area contributed by atoms with Gasteiger partial charge in [-0.15, -0.1) is 0 Å². The van der Waals surface area contributed by atoms with E-state index >= 15 is 0 Å². The lowest BCUT2D eigenvalue weighted by Gasteiger charge is -2.11. The van der Waals surface area contributed by atoms with Crippen LogP contribution >= 0.6 is 0 Å². The highest BCUT2D eigenvalue weighted by Crippen LogP contribution is 2.31. The molecule has 1 atom stereocenters. The minimum Gasteiger partial charge on any atom is -0.768 e. The summed E-state index contributed by atoms with van der Waals surface area (Å²) in [7, 11) is 1.61. The van der Waals surface area contributed by atoms with Gasteiger partial charge in [-0.05, 0) is 53.9 Å². The highest BCUT2D eigenvalue weighted by atomic mass is 32.2. The number of fused-ring (bicyclic) bond motifs is 1. The largest absolute Gasteiger partial charge is 0.768 e. The fraction of sp³-hybridized carbons (Fsp3) is 0.125. The van der Waals surface area contributed by atoms with Crippen LogP contribution < -0.4 is 4.74 Å². The van der Waals surface area contributed by atoms with E-state index in [1.807, 2.05) is 25.1 Å². The normalized spacial score (nSPS) is 12.3. The number of methoxy groups -OCH3 is 1. The monoisotopic (exact) mass is 313 g/mol. The van der Waals surface area contributed by atoms with Crippen molar-refractivity contribution in [2.45, 2.75) is 11.8 Å². The molecule has 22 heavy (non-hydrogen) atoms. The molecule has 112 valence electrons. The predicted molar refractivity (Wildman–Crippen MR) is 83.4 cm³/mol. The smallest absolute Gasteiger partial charge is 0.119 e. The minimum atomic E-state index is -2.28. The summed E-state index contributed by atoms with van der Waals surface area (Å²) in [6, 6.07) is 10.6. The lowest BCUT2D eigenvalue weighted by Crippen LogP contribution is -1.95. The maximum Gasteiger partial charge on any atom is 0.119 e. The predicted octanol–water partition coefficient (Wildman–Crippen LogP) is 2.85. The third-order valence-electron chi connectivity index (χ3n) is 3.50. The SMILES string of the molecule is COc1ccc(C)c(-c2ncnc3cc(S(=O)[O-])ccc23)c1. The van der Waals surface area contributed by atoms with Crippen molar-refractivity contribution in [1.82, 2.24) is 9.97 Å².